The third kappa shape index (κ3) is 4.56. The minimum absolute atomic E-state index is 0.101. The highest BCUT2D eigenvalue weighted by Gasteiger charge is 2.16. The maximum atomic E-state index is 11.7. The van der Waals surface area contributed by atoms with Crippen molar-refractivity contribution in [3.05, 3.63) is 29.8 Å². The highest BCUT2D eigenvalue weighted by atomic mass is 16.7. The molecular weight excluding hydrogens is 242 g/mol. The molecule has 19 heavy (non-hydrogen) atoms. The molecule has 1 amide bonds. The summed E-state index contributed by atoms with van der Waals surface area (Å²) in [5.74, 6) is 0.727. The Hall–Kier alpha value is -1.55. The molecule has 1 aromatic carbocycles. The minimum atomic E-state index is -0.101. The minimum Gasteiger partial charge on any atom is -0.494 e. The summed E-state index contributed by atoms with van der Waals surface area (Å²) in [6.07, 6.45) is 5.01. The first kappa shape index (κ1) is 13.9. The maximum Gasteiger partial charge on any atom is 0.247 e. The molecule has 1 saturated carbocycles. The third-order valence-corrected chi connectivity index (χ3v) is 3.24. The van der Waals surface area contributed by atoms with E-state index >= 15 is 0 Å². The van der Waals surface area contributed by atoms with Crippen LogP contribution in [-0.4, -0.2) is 18.6 Å². The standard InChI is InChI=1S/C15H21NO3/c1-2-18-13-9-7-12(8-10-13)11-15(17)16-19-14-5-3-4-6-14/h7-10,14H,2-6,11H2,1H3,(H,16,17). The Morgan fingerprint density at radius 2 is 1.95 bits per heavy atom. The summed E-state index contributed by atoms with van der Waals surface area (Å²) in [5, 5.41) is 0. The van der Waals surface area contributed by atoms with E-state index in [2.05, 4.69) is 5.48 Å². The molecule has 0 heterocycles. The van der Waals surface area contributed by atoms with Crippen molar-refractivity contribution in [2.75, 3.05) is 6.61 Å². The second-order valence-corrected chi connectivity index (χ2v) is 4.80. The number of amides is 1. The molecule has 1 aliphatic carbocycles. The fourth-order valence-corrected chi connectivity index (χ4v) is 2.25. The van der Waals surface area contributed by atoms with E-state index in [9.17, 15) is 4.79 Å². The van der Waals surface area contributed by atoms with Crippen LogP contribution in [0.1, 0.15) is 38.2 Å². The number of hydroxylamine groups is 1. The Kier molecular flexibility index (Phi) is 5.21. The summed E-state index contributed by atoms with van der Waals surface area (Å²) in [6.45, 7) is 2.59. The van der Waals surface area contributed by atoms with Gasteiger partial charge >= 0.3 is 0 Å². The molecule has 0 aromatic heterocycles. The van der Waals surface area contributed by atoms with Crippen molar-refractivity contribution in [1.82, 2.24) is 5.48 Å². The first-order valence-electron chi connectivity index (χ1n) is 6.94. The molecule has 0 bridgehead atoms. The van der Waals surface area contributed by atoms with Gasteiger partial charge in [-0.2, -0.15) is 0 Å². The number of carbonyl (C=O) groups excluding carboxylic acids is 1. The zero-order valence-corrected chi connectivity index (χ0v) is 11.4. The van der Waals surface area contributed by atoms with Gasteiger partial charge in [-0.3, -0.25) is 9.63 Å². The molecule has 1 fully saturated rings. The van der Waals surface area contributed by atoms with Gasteiger partial charge in [-0.15, -0.1) is 0 Å². The van der Waals surface area contributed by atoms with Crippen molar-refractivity contribution in [2.24, 2.45) is 0 Å². The van der Waals surface area contributed by atoms with Crippen molar-refractivity contribution in [1.29, 1.82) is 0 Å². The number of rotatable bonds is 6. The van der Waals surface area contributed by atoms with E-state index in [-0.39, 0.29) is 12.0 Å². The summed E-state index contributed by atoms with van der Waals surface area (Å²) in [7, 11) is 0. The first-order valence-corrected chi connectivity index (χ1v) is 6.94. The normalized spacial score (nSPS) is 15.4. The Labute approximate surface area is 114 Å². The van der Waals surface area contributed by atoms with Crippen LogP contribution in [0.25, 0.3) is 0 Å². The second-order valence-electron chi connectivity index (χ2n) is 4.80. The van der Waals surface area contributed by atoms with E-state index in [0.717, 1.165) is 24.2 Å². The second kappa shape index (κ2) is 7.14. The molecule has 0 aliphatic heterocycles. The lowest BCUT2D eigenvalue weighted by Gasteiger charge is -2.11. The van der Waals surface area contributed by atoms with E-state index in [0.29, 0.717) is 13.0 Å². The van der Waals surface area contributed by atoms with Crippen LogP contribution in [0.5, 0.6) is 5.75 Å². The summed E-state index contributed by atoms with van der Waals surface area (Å²) >= 11 is 0. The van der Waals surface area contributed by atoms with Crippen LogP contribution in [0, 0.1) is 0 Å². The lowest BCUT2D eigenvalue weighted by atomic mass is 10.1. The molecule has 4 heteroatoms. The highest BCUT2D eigenvalue weighted by Crippen LogP contribution is 2.20. The zero-order valence-electron chi connectivity index (χ0n) is 11.4. The number of nitrogens with one attached hydrogen (secondary N) is 1. The largest absolute Gasteiger partial charge is 0.494 e. The van der Waals surface area contributed by atoms with E-state index in [1.807, 2.05) is 31.2 Å². The monoisotopic (exact) mass is 263 g/mol. The number of benzene rings is 1. The third-order valence-electron chi connectivity index (χ3n) is 3.24. The van der Waals surface area contributed by atoms with Gasteiger partial charge in [-0.05, 0) is 37.5 Å². The molecule has 0 radical (unpaired) electrons. The van der Waals surface area contributed by atoms with Crippen LogP contribution >= 0.6 is 0 Å². The average Bonchev–Trinajstić information content (AvgIpc) is 2.92. The summed E-state index contributed by atoms with van der Waals surface area (Å²) < 4.78 is 5.36. The summed E-state index contributed by atoms with van der Waals surface area (Å²) in [4.78, 5) is 17.1. The van der Waals surface area contributed by atoms with Gasteiger partial charge in [-0.1, -0.05) is 25.0 Å². The highest BCUT2D eigenvalue weighted by molar-refractivity contribution is 5.77. The molecule has 0 unspecified atom stereocenters. The molecule has 0 spiro atoms. The van der Waals surface area contributed by atoms with Crippen molar-refractivity contribution < 1.29 is 14.4 Å². The van der Waals surface area contributed by atoms with Gasteiger partial charge in [-0.25, -0.2) is 5.48 Å². The van der Waals surface area contributed by atoms with E-state index in [1.165, 1.54) is 12.8 Å². The average molecular weight is 263 g/mol. The fourth-order valence-electron chi connectivity index (χ4n) is 2.25. The lowest BCUT2D eigenvalue weighted by molar-refractivity contribution is -0.137. The Morgan fingerprint density at radius 1 is 1.26 bits per heavy atom. The molecular formula is C15H21NO3. The van der Waals surface area contributed by atoms with Crippen LogP contribution in [0.3, 0.4) is 0 Å². The van der Waals surface area contributed by atoms with Crippen molar-refractivity contribution in [3.8, 4) is 5.75 Å². The van der Waals surface area contributed by atoms with Crippen LogP contribution in [0.4, 0.5) is 0 Å². The van der Waals surface area contributed by atoms with E-state index in [4.69, 9.17) is 9.57 Å². The molecule has 1 aliphatic rings. The van der Waals surface area contributed by atoms with Crippen molar-refractivity contribution in [2.45, 2.75) is 45.1 Å². The van der Waals surface area contributed by atoms with Crippen LogP contribution in [0.2, 0.25) is 0 Å². The smallest absolute Gasteiger partial charge is 0.247 e. The van der Waals surface area contributed by atoms with E-state index < -0.39 is 0 Å². The summed E-state index contributed by atoms with van der Waals surface area (Å²) in [6, 6.07) is 7.56. The topological polar surface area (TPSA) is 47.6 Å². The number of hydrogen-bond donors (Lipinski definition) is 1. The van der Waals surface area contributed by atoms with Gasteiger partial charge in [0.25, 0.3) is 0 Å². The van der Waals surface area contributed by atoms with E-state index in [1.54, 1.807) is 0 Å². The Balaban J connectivity index is 1.74. The SMILES string of the molecule is CCOc1ccc(CC(=O)NOC2CCCC2)cc1. The summed E-state index contributed by atoms with van der Waals surface area (Å²) in [5.41, 5.74) is 3.50. The lowest BCUT2D eigenvalue weighted by Crippen LogP contribution is -2.29. The number of carbonyl (C=O) groups is 1. The van der Waals surface area contributed by atoms with Crippen LogP contribution in [-0.2, 0) is 16.1 Å². The van der Waals surface area contributed by atoms with Crippen LogP contribution in [0.15, 0.2) is 24.3 Å². The van der Waals surface area contributed by atoms with Crippen molar-refractivity contribution in [3.63, 3.8) is 0 Å². The molecule has 1 aromatic rings. The van der Waals surface area contributed by atoms with Gasteiger partial charge in [0.05, 0.1) is 19.1 Å². The maximum absolute atomic E-state index is 11.7. The predicted molar refractivity (Wildman–Crippen MR) is 72.8 cm³/mol. The van der Waals surface area contributed by atoms with Gasteiger partial charge in [0, 0.05) is 0 Å². The number of ether oxygens (including phenoxy) is 1. The van der Waals surface area contributed by atoms with Crippen LogP contribution < -0.4 is 10.2 Å². The molecule has 2 rings (SSSR count). The quantitative estimate of drug-likeness (QED) is 0.803. The number of hydrogen-bond acceptors (Lipinski definition) is 3. The zero-order chi connectivity index (χ0) is 13.5. The Morgan fingerprint density at radius 3 is 2.58 bits per heavy atom. The molecule has 1 N–H and O–H groups in total. The molecule has 0 atom stereocenters. The molecule has 0 saturated heterocycles. The molecule has 4 nitrogen and oxygen atoms in total. The van der Waals surface area contributed by atoms with Gasteiger partial charge < -0.3 is 4.74 Å². The Bertz CT molecular complexity index is 396. The first-order chi connectivity index (χ1) is 9.28. The predicted octanol–water partition coefficient (Wildman–Crippen LogP) is 2.62. The van der Waals surface area contributed by atoms with Gasteiger partial charge in [0.2, 0.25) is 5.91 Å². The van der Waals surface area contributed by atoms with Crippen molar-refractivity contribution >= 4 is 5.91 Å². The van der Waals surface area contributed by atoms with Gasteiger partial charge in [0.1, 0.15) is 5.75 Å². The van der Waals surface area contributed by atoms with Gasteiger partial charge in [0.15, 0.2) is 0 Å². The molecule has 104 valence electrons. The fraction of sp³-hybridized carbons (Fsp3) is 0.533.